The largest absolute Gasteiger partial charge is 0.311 e. The molecule has 3 unspecified atom stereocenters. The zero-order valence-electron chi connectivity index (χ0n) is 13.0. The summed E-state index contributed by atoms with van der Waals surface area (Å²) in [5, 5.41) is 3.64. The standard InChI is InChI=1S/C14H30N2O2S/c1-6-12(4)13-10-16(7-8-19(5,17)18)14(9-15-13)11(2)3/h11-15H,6-10H2,1-5H3. The van der Waals surface area contributed by atoms with Crippen LogP contribution < -0.4 is 5.32 Å². The van der Waals surface area contributed by atoms with Gasteiger partial charge in [0.1, 0.15) is 9.84 Å². The van der Waals surface area contributed by atoms with E-state index in [0.29, 0.717) is 30.5 Å². The summed E-state index contributed by atoms with van der Waals surface area (Å²) in [6.45, 7) is 11.5. The van der Waals surface area contributed by atoms with Crippen LogP contribution in [0.4, 0.5) is 0 Å². The van der Waals surface area contributed by atoms with Crippen molar-refractivity contribution in [3.8, 4) is 0 Å². The van der Waals surface area contributed by atoms with E-state index in [2.05, 4.69) is 37.9 Å². The van der Waals surface area contributed by atoms with Gasteiger partial charge >= 0.3 is 0 Å². The molecule has 0 aromatic carbocycles. The van der Waals surface area contributed by atoms with Crippen LogP contribution in [0.2, 0.25) is 0 Å². The fourth-order valence-electron chi connectivity index (χ4n) is 2.72. The number of hydrogen-bond acceptors (Lipinski definition) is 4. The molecule has 1 rings (SSSR count). The van der Waals surface area contributed by atoms with Crippen LogP contribution in [0.1, 0.15) is 34.1 Å². The Morgan fingerprint density at radius 2 is 1.95 bits per heavy atom. The molecule has 5 heteroatoms. The topological polar surface area (TPSA) is 49.4 Å². The molecule has 1 aliphatic rings. The van der Waals surface area contributed by atoms with Gasteiger partial charge in [0.2, 0.25) is 0 Å². The van der Waals surface area contributed by atoms with Crippen molar-refractivity contribution in [2.45, 2.75) is 46.2 Å². The fourth-order valence-corrected chi connectivity index (χ4v) is 3.28. The van der Waals surface area contributed by atoms with E-state index in [1.54, 1.807) is 0 Å². The van der Waals surface area contributed by atoms with Gasteiger partial charge in [-0.25, -0.2) is 8.42 Å². The van der Waals surface area contributed by atoms with Gasteiger partial charge in [0.25, 0.3) is 0 Å². The molecule has 1 saturated heterocycles. The summed E-state index contributed by atoms with van der Waals surface area (Å²) in [7, 11) is -2.88. The molecule has 0 spiro atoms. The van der Waals surface area contributed by atoms with Crippen molar-refractivity contribution in [3.63, 3.8) is 0 Å². The molecule has 0 aliphatic carbocycles. The third kappa shape index (κ3) is 5.40. The summed E-state index contributed by atoms with van der Waals surface area (Å²) in [6, 6.07) is 0.932. The highest BCUT2D eigenvalue weighted by molar-refractivity contribution is 7.90. The summed E-state index contributed by atoms with van der Waals surface area (Å²) in [4.78, 5) is 2.37. The molecule has 4 nitrogen and oxygen atoms in total. The maximum absolute atomic E-state index is 11.4. The summed E-state index contributed by atoms with van der Waals surface area (Å²) >= 11 is 0. The van der Waals surface area contributed by atoms with E-state index < -0.39 is 9.84 Å². The van der Waals surface area contributed by atoms with Gasteiger partial charge in [0.05, 0.1) is 5.75 Å². The Bertz CT molecular complexity index is 368. The van der Waals surface area contributed by atoms with E-state index in [-0.39, 0.29) is 5.75 Å². The minimum Gasteiger partial charge on any atom is -0.311 e. The summed E-state index contributed by atoms with van der Waals surface area (Å²) in [5.41, 5.74) is 0. The summed E-state index contributed by atoms with van der Waals surface area (Å²) in [5.74, 6) is 1.45. The van der Waals surface area contributed by atoms with Crippen LogP contribution in [0.5, 0.6) is 0 Å². The monoisotopic (exact) mass is 290 g/mol. The molecule has 114 valence electrons. The lowest BCUT2D eigenvalue weighted by Crippen LogP contribution is -2.60. The van der Waals surface area contributed by atoms with Crippen molar-refractivity contribution >= 4 is 9.84 Å². The fraction of sp³-hybridized carbons (Fsp3) is 1.00. The van der Waals surface area contributed by atoms with Crippen molar-refractivity contribution in [2.24, 2.45) is 11.8 Å². The van der Waals surface area contributed by atoms with Gasteiger partial charge in [-0.15, -0.1) is 0 Å². The van der Waals surface area contributed by atoms with Crippen LogP contribution >= 0.6 is 0 Å². The van der Waals surface area contributed by atoms with Crippen LogP contribution in [0.25, 0.3) is 0 Å². The van der Waals surface area contributed by atoms with Crippen molar-refractivity contribution in [1.82, 2.24) is 10.2 Å². The molecule has 0 amide bonds. The lowest BCUT2D eigenvalue weighted by Gasteiger charge is -2.44. The van der Waals surface area contributed by atoms with Crippen molar-refractivity contribution in [1.29, 1.82) is 0 Å². The van der Waals surface area contributed by atoms with Crippen LogP contribution in [-0.2, 0) is 9.84 Å². The van der Waals surface area contributed by atoms with E-state index in [9.17, 15) is 8.42 Å². The first-order valence-corrected chi connectivity index (χ1v) is 9.45. The Morgan fingerprint density at radius 3 is 2.42 bits per heavy atom. The smallest absolute Gasteiger partial charge is 0.148 e. The molecule has 1 heterocycles. The Labute approximate surface area is 118 Å². The quantitative estimate of drug-likeness (QED) is 0.803. The Kier molecular flexibility index (Phi) is 6.27. The number of rotatable bonds is 6. The molecular formula is C14H30N2O2S. The Hall–Kier alpha value is -0.130. The van der Waals surface area contributed by atoms with Gasteiger partial charge in [0.15, 0.2) is 0 Å². The van der Waals surface area contributed by atoms with Gasteiger partial charge in [-0.3, -0.25) is 4.90 Å². The van der Waals surface area contributed by atoms with Gasteiger partial charge in [-0.1, -0.05) is 34.1 Å². The van der Waals surface area contributed by atoms with Crippen LogP contribution in [-0.4, -0.2) is 57.0 Å². The molecule has 0 aromatic rings. The van der Waals surface area contributed by atoms with E-state index in [0.717, 1.165) is 19.5 Å². The van der Waals surface area contributed by atoms with Crippen LogP contribution in [0.3, 0.4) is 0 Å². The number of hydrogen-bond donors (Lipinski definition) is 1. The third-order valence-electron chi connectivity index (χ3n) is 4.34. The van der Waals surface area contributed by atoms with Crippen LogP contribution in [0, 0.1) is 11.8 Å². The van der Waals surface area contributed by atoms with Gasteiger partial charge in [0, 0.05) is 38.0 Å². The Morgan fingerprint density at radius 1 is 1.32 bits per heavy atom. The number of sulfone groups is 1. The molecule has 3 atom stereocenters. The number of nitrogens with zero attached hydrogens (tertiary/aromatic N) is 1. The van der Waals surface area contributed by atoms with E-state index in [4.69, 9.17) is 0 Å². The SMILES string of the molecule is CCC(C)C1CN(CCS(C)(=O)=O)C(C(C)C)CN1. The minimum atomic E-state index is -2.88. The number of nitrogens with one attached hydrogen (secondary N) is 1. The Balaban J connectivity index is 2.68. The third-order valence-corrected chi connectivity index (χ3v) is 5.26. The minimum absolute atomic E-state index is 0.267. The van der Waals surface area contributed by atoms with E-state index >= 15 is 0 Å². The summed E-state index contributed by atoms with van der Waals surface area (Å²) < 4.78 is 22.8. The molecule has 1 fully saturated rings. The second kappa shape index (κ2) is 7.04. The highest BCUT2D eigenvalue weighted by atomic mass is 32.2. The first-order valence-electron chi connectivity index (χ1n) is 7.39. The molecule has 0 bridgehead atoms. The van der Waals surface area contributed by atoms with Gasteiger partial charge < -0.3 is 5.32 Å². The average molecular weight is 290 g/mol. The maximum Gasteiger partial charge on any atom is 0.148 e. The molecule has 0 aromatic heterocycles. The second-order valence-corrected chi connectivity index (χ2v) is 8.60. The molecular weight excluding hydrogens is 260 g/mol. The molecule has 1 N–H and O–H groups in total. The van der Waals surface area contributed by atoms with E-state index in [1.807, 2.05) is 0 Å². The van der Waals surface area contributed by atoms with Gasteiger partial charge in [-0.05, 0) is 11.8 Å². The van der Waals surface area contributed by atoms with Crippen LogP contribution in [0.15, 0.2) is 0 Å². The summed E-state index contributed by atoms with van der Waals surface area (Å²) in [6.07, 6.45) is 2.48. The van der Waals surface area contributed by atoms with E-state index in [1.165, 1.54) is 6.26 Å². The highest BCUT2D eigenvalue weighted by Gasteiger charge is 2.31. The lowest BCUT2D eigenvalue weighted by molar-refractivity contribution is 0.0880. The van der Waals surface area contributed by atoms with Crippen molar-refractivity contribution < 1.29 is 8.42 Å². The van der Waals surface area contributed by atoms with Crippen molar-refractivity contribution in [2.75, 3.05) is 31.6 Å². The normalized spacial score (nSPS) is 27.7. The zero-order chi connectivity index (χ0) is 14.6. The predicted octanol–water partition coefficient (Wildman–Crippen LogP) is 1.38. The first kappa shape index (κ1) is 16.9. The van der Waals surface area contributed by atoms with Gasteiger partial charge in [-0.2, -0.15) is 0 Å². The zero-order valence-corrected chi connectivity index (χ0v) is 13.8. The second-order valence-electron chi connectivity index (χ2n) is 6.34. The molecule has 1 aliphatic heterocycles. The molecule has 0 radical (unpaired) electrons. The maximum atomic E-state index is 11.4. The lowest BCUT2D eigenvalue weighted by atomic mass is 9.92. The highest BCUT2D eigenvalue weighted by Crippen LogP contribution is 2.19. The first-order chi connectivity index (χ1) is 8.74. The number of piperazine rings is 1. The molecule has 19 heavy (non-hydrogen) atoms. The van der Waals surface area contributed by atoms with Crippen molar-refractivity contribution in [3.05, 3.63) is 0 Å². The average Bonchev–Trinajstić information content (AvgIpc) is 2.34. The predicted molar refractivity (Wildman–Crippen MR) is 81.2 cm³/mol. The molecule has 0 saturated carbocycles.